The lowest BCUT2D eigenvalue weighted by Gasteiger charge is -2.07. The molecule has 1 aromatic heterocycles. The van der Waals surface area contributed by atoms with Crippen LogP contribution in [0.3, 0.4) is 0 Å². The first-order chi connectivity index (χ1) is 9.11. The zero-order valence-corrected chi connectivity index (χ0v) is 9.94. The molecular weight excluding hydrogens is 252 g/mol. The van der Waals surface area contributed by atoms with E-state index in [1.807, 2.05) is 0 Å². The van der Waals surface area contributed by atoms with Crippen LogP contribution in [-0.2, 0) is 0 Å². The van der Waals surface area contributed by atoms with Crippen molar-refractivity contribution >= 4 is 5.82 Å². The van der Waals surface area contributed by atoms with E-state index in [4.69, 9.17) is 10.5 Å². The average molecular weight is 263 g/mol. The van der Waals surface area contributed by atoms with E-state index in [-0.39, 0.29) is 11.6 Å². The smallest absolute Gasteiger partial charge is 0.224 e. The van der Waals surface area contributed by atoms with Gasteiger partial charge in [0, 0.05) is 18.1 Å². The summed E-state index contributed by atoms with van der Waals surface area (Å²) in [5, 5.41) is 0. The van der Waals surface area contributed by atoms with Crippen LogP contribution in [0.25, 0.3) is 0 Å². The van der Waals surface area contributed by atoms with Gasteiger partial charge in [-0.05, 0) is 25.0 Å². The third-order valence-corrected chi connectivity index (χ3v) is 2.80. The van der Waals surface area contributed by atoms with Crippen LogP contribution >= 0.6 is 0 Å². The molecule has 2 aromatic rings. The molecule has 3 rings (SSSR count). The number of ether oxygens (including phenoxy) is 1. The summed E-state index contributed by atoms with van der Waals surface area (Å²) < 4.78 is 31.2. The molecule has 0 saturated heterocycles. The maximum atomic E-state index is 13.1. The molecular formula is C13H11F2N3O. The van der Waals surface area contributed by atoms with Crippen molar-refractivity contribution in [2.45, 2.75) is 18.8 Å². The van der Waals surface area contributed by atoms with Crippen molar-refractivity contribution in [2.75, 3.05) is 5.73 Å². The molecule has 1 saturated carbocycles. The number of nitrogens with two attached hydrogens (primary N) is 1. The van der Waals surface area contributed by atoms with Gasteiger partial charge in [-0.3, -0.25) is 0 Å². The van der Waals surface area contributed by atoms with Gasteiger partial charge in [-0.2, -0.15) is 4.98 Å². The standard InChI is InChI=1S/C13H11F2N3O/c14-9-4-3-8(5-10(9)15)19-12-6-11(16)17-13(18-12)7-1-2-7/h3-7H,1-2H2,(H2,16,17,18). The molecule has 1 aliphatic carbocycles. The minimum Gasteiger partial charge on any atom is -0.439 e. The number of rotatable bonds is 3. The normalized spacial score (nSPS) is 14.4. The molecule has 0 bridgehead atoms. The summed E-state index contributed by atoms with van der Waals surface area (Å²) >= 11 is 0. The predicted molar refractivity (Wildman–Crippen MR) is 64.9 cm³/mol. The first-order valence-corrected chi connectivity index (χ1v) is 5.89. The van der Waals surface area contributed by atoms with Crippen LogP contribution in [0.1, 0.15) is 24.6 Å². The van der Waals surface area contributed by atoms with Gasteiger partial charge in [0.2, 0.25) is 5.88 Å². The number of hydrogen-bond donors (Lipinski definition) is 1. The van der Waals surface area contributed by atoms with E-state index in [1.54, 1.807) is 0 Å². The first kappa shape index (κ1) is 11.8. The molecule has 1 aromatic carbocycles. The van der Waals surface area contributed by atoms with Crippen molar-refractivity contribution in [1.82, 2.24) is 9.97 Å². The molecule has 2 N–H and O–H groups in total. The Morgan fingerprint density at radius 1 is 1.11 bits per heavy atom. The Morgan fingerprint density at radius 2 is 1.89 bits per heavy atom. The second kappa shape index (κ2) is 4.46. The maximum Gasteiger partial charge on any atom is 0.224 e. The van der Waals surface area contributed by atoms with E-state index < -0.39 is 11.6 Å². The van der Waals surface area contributed by atoms with Gasteiger partial charge in [-0.15, -0.1) is 0 Å². The van der Waals surface area contributed by atoms with Crippen LogP contribution in [0.15, 0.2) is 24.3 Å². The summed E-state index contributed by atoms with van der Waals surface area (Å²) in [5.74, 6) is -0.225. The van der Waals surface area contributed by atoms with Gasteiger partial charge in [-0.25, -0.2) is 13.8 Å². The highest BCUT2D eigenvalue weighted by atomic mass is 19.2. The predicted octanol–water partition coefficient (Wildman–Crippen LogP) is 3.01. The highest BCUT2D eigenvalue weighted by molar-refractivity contribution is 5.37. The number of aromatic nitrogens is 2. The summed E-state index contributed by atoms with van der Waals surface area (Å²) in [5.41, 5.74) is 5.67. The number of nitrogens with zero attached hydrogens (tertiary/aromatic N) is 2. The number of benzene rings is 1. The van der Waals surface area contributed by atoms with E-state index in [9.17, 15) is 8.78 Å². The summed E-state index contributed by atoms with van der Waals surface area (Å²) in [6.07, 6.45) is 2.07. The molecule has 98 valence electrons. The van der Waals surface area contributed by atoms with Crippen LogP contribution in [0.2, 0.25) is 0 Å². The molecule has 0 amide bonds. The summed E-state index contributed by atoms with van der Waals surface area (Å²) in [4.78, 5) is 8.34. The van der Waals surface area contributed by atoms with Crippen molar-refractivity contribution in [3.8, 4) is 11.6 Å². The summed E-state index contributed by atoms with van der Waals surface area (Å²) in [6, 6.07) is 4.74. The quantitative estimate of drug-likeness (QED) is 0.924. The number of halogens is 2. The Morgan fingerprint density at radius 3 is 2.58 bits per heavy atom. The number of anilines is 1. The fraction of sp³-hybridized carbons (Fsp3) is 0.231. The minimum absolute atomic E-state index is 0.166. The molecule has 0 atom stereocenters. The van der Waals surface area contributed by atoms with Crippen molar-refractivity contribution < 1.29 is 13.5 Å². The highest BCUT2D eigenvalue weighted by Gasteiger charge is 2.27. The largest absolute Gasteiger partial charge is 0.439 e. The van der Waals surface area contributed by atoms with Crippen LogP contribution in [-0.4, -0.2) is 9.97 Å². The Labute approximate surface area is 108 Å². The molecule has 0 unspecified atom stereocenters. The first-order valence-electron chi connectivity index (χ1n) is 5.89. The lowest BCUT2D eigenvalue weighted by Crippen LogP contribution is -2.00. The van der Waals surface area contributed by atoms with Gasteiger partial charge < -0.3 is 10.5 Å². The molecule has 19 heavy (non-hydrogen) atoms. The Hall–Kier alpha value is -2.24. The van der Waals surface area contributed by atoms with Crippen LogP contribution in [0, 0.1) is 11.6 Å². The Bertz CT molecular complexity index is 629. The van der Waals surface area contributed by atoms with Crippen molar-refractivity contribution in [3.63, 3.8) is 0 Å². The van der Waals surface area contributed by atoms with Crippen LogP contribution < -0.4 is 10.5 Å². The monoisotopic (exact) mass is 263 g/mol. The average Bonchev–Trinajstić information content (AvgIpc) is 3.17. The molecule has 0 aliphatic heterocycles. The number of nitrogen functional groups attached to an aromatic ring is 1. The van der Waals surface area contributed by atoms with Gasteiger partial charge in [0.25, 0.3) is 0 Å². The summed E-state index contributed by atoms with van der Waals surface area (Å²) in [6.45, 7) is 0. The molecule has 0 radical (unpaired) electrons. The molecule has 0 spiro atoms. The van der Waals surface area contributed by atoms with Crippen molar-refractivity contribution in [2.24, 2.45) is 0 Å². The zero-order valence-electron chi connectivity index (χ0n) is 9.94. The summed E-state index contributed by atoms with van der Waals surface area (Å²) in [7, 11) is 0. The van der Waals surface area contributed by atoms with Crippen LogP contribution in [0.4, 0.5) is 14.6 Å². The molecule has 1 fully saturated rings. The van der Waals surface area contributed by atoms with E-state index >= 15 is 0 Å². The van der Waals surface area contributed by atoms with Gasteiger partial charge in [0.1, 0.15) is 17.4 Å². The third kappa shape index (κ3) is 2.62. The van der Waals surface area contributed by atoms with E-state index in [2.05, 4.69) is 9.97 Å². The second-order valence-electron chi connectivity index (χ2n) is 4.44. The second-order valence-corrected chi connectivity index (χ2v) is 4.44. The van der Waals surface area contributed by atoms with Crippen molar-refractivity contribution in [1.29, 1.82) is 0 Å². The van der Waals surface area contributed by atoms with Crippen LogP contribution in [0.5, 0.6) is 11.6 Å². The van der Waals surface area contributed by atoms with E-state index in [0.29, 0.717) is 17.6 Å². The fourth-order valence-electron chi connectivity index (χ4n) is 1.70. The highest BCUT2D eigenvalue weighted by Crippen LogP contribution is 2.39. The Balaban J connectivity index is 1.87. The maximum absolute atomic E-state index is 13.1. The van der Waals surface area contributed by atoms with Gasteiger partial charge in [0.05, 0.1) is 0 Å². The number of hydrogen-bond acceptors (Lipinski definition) is 4. The minimum atomic E-state index is -0.970. The lowest BCUT2D eigenvalue weighted by atomic mass is 10.3. The fourth-order valence-corrected chi connectivity index (χ4v) is 1.70. The lowest BCUT2D eigenvalue weighted by molar-refractivity contribution is 0.445. The van der Waals surface area contributed by atoms with Gasteiger partial charge in [-0.1, -0.05) is 0 Å². The van der Waals surface area contributed by atoms with Gasteiger partial charge in [0.15, 0.2) is 11.6 Å². The van der Waals surface area contributed by atoms with Crippen molar-refractivity contribution in [3.05, 3.63) is 41.7 Å². The van der Waals surface area contributed by atoms with Gasteiger partial charge >= 0.3 is 0 Å². The third-order valence-electron chi connectivity index (χ3n) is 2.80. The van der Waals surface area contributed by atoms with E-state index in [0.717, 1.165) is 25.0 Å². The zero-order chi connectivity index (χ0) is 13.4. The SMILES string of the molecule is Nc1cc(Oc2ccc(F)c(F)c2)nc(C2CC2)n1. The Kier molecular flexibility index (Phi) is 2.77. The topological polar surface area (TPSA) is 61.0 Å². The molecule has 6 heteroatoms. The molecule has 4 nitrogen and oxygen atoms in total. The van der Waals surface area contributed by atoms with E-state index in [1.165, 1.54) is 12.1 Å². The molecule has 1 heterocycles. The molecule has 1 aliphatic rings.